The van der Waals surface area contributed by atoms with Crippen LogP contribution in [0.25, 0.3) is 0 Å². The largest absolute Gasteiger partial charge is 0.316 e. The van der Waals surface area contributed by atoms with Crippen LogP contribution in [-0.4, -0.2) is 28.3 Å². The van der Waals surface area contributed by atoms with Crippen molar-refractivity contribution in [3.63, 3.8) is 0 Å². The first-order valence-electron chi connectivity index (χ1n) is 5.96. The number of hydrogen-bond donors (Lipinski definition) is 1. The Balaban J connectivity index is 2.56. The highest BCUT2D eigenvalue weighted by atomic mass is 32.2. The maximum Gasteiger partial charge on any atom is 0.0641 e. The summed E-state index contributed by atoms with van der Waals surface area (Å²) in [4.78, 5) is 0. The molecule has 16 heavy (non-hydrogen) atoms. The first kappa shape index (κ1) is 13.6. The van der Waals surface area contributed by atoms with Gasteiger partial charge in [0.05, 0.1) is 5.69 Å². The molecule has 0 spiro atoms. The topological polar surface area (TPSA) is 29.9 Å². The van der Waals surface area contributed by atoms with E-state index in [0.717, 1.165) is 18.8 Å². The van der Waals surface area contributed by atoms with Gasteiger partial charge in [0.2, 0.25) is 0 Å². The van der Waals surface area contributed by atoms with E-state index in [1.54, 1.807) is 0 Å². The molecule has 1 N–H and O–H groups in total. The number of nitrogens with one attached hydrogen (secondary N) is 1. The van der Waals surface area contributed by atoms with Crippen LogP contribution in [0, 0.1) is 13.8 Å². The summed E-state index contributed by atoms with van der Waals surface area (Å²) in [5.74, 6) is 2.44. The fraction of sp³-hybridized carbons (Fsp3) is 0.750. The van der Waals surface area contributed by atoms with Gasteiger partial charge in [0.1, 0.15) is 0 Å². The molecule has 1 heterocycles. The molecule has 92 valence electrons. The van der Waals surface area contributed by atoms with E-state index >= 15 is 0 Å². The van der Waals surface area contributed by atoms with Crippen molar-refractivity contribution in [1.82, 2.24) is 15.1 Å². The van der Waals surface area contributed by atoms with Gasteiger partial charge in [-0.15, -0.1) is 0 Å². The quantitative estimate of drug-likeness (QED) is 0.743. The molecule has 0 saturated carbocycles. The van der Waals surface area contributed by atoms with Crippen LogP contribution in [0.15, 0.2) is 0 Å². The van der Waals surface area contributed by atoms with Gasteiger partial charge in [0.15, 0.2) is 0 Å². The molecule has 0 bridgehead atoms. The molecule has 0 aliphatic carbocycles. The maximum atomic E-state index is 4.59. The first-order chi connectivity index (χ1) is 7.70. The molecule has 1 aromatic rings. The SMILES string of the molecule is CCSCCCn1nc(C)c(CNC)c1C. The van der Waals surface area contributed by atoms with Crippen LogP contribution in [0.5, 0.6) is 0 Å². The van der Waals surface area contributed by atoms with Crippen molar-refractivity contribution in [2.75, 3.05) is 18.6 Å². The van der Waals surface area contributed by atoms with Crippen LogP contribution in [0.3, 0.4) is 0 Å². The average Bonchev–Trinajstić information content (AvgIpc) is 2.53. The van der Waals surface area contributed by atoms with Crippen LogP contribution in [0.2, 0.25) is 0 Å². The molecule has 0 unspecified atom stereocenters. The molecule has 0 fully saturated rings. The van der Waals surface area contributed by atoms with E-state index in [4.69, 9.17) is 0 Å². The molecule has 0 aromatic carbocycles. The van der Waals surface area contributed by atoms with Gasteiger partial charge in [-0.3, -0.25) is 4.68 Å². The minimum atomic E-state index is 0.918. The van der Waals surface area contributed by atoms with E-state index < -0.39 is 0 Å². The second-order valence-electron chi connectivity index (χ2n) is 3.95. The van der Waals surface area contributed by atoms with Crippen molar-refractivity contribution in [1.29, 1.82) is 0 Å². The normalized spacial score (nSPS) is 11.0. The van der Waals surface area contributed by atoms with Gasteiger partial charge in [-0.1, -0.05) is 6.92 Å². The number of thioether (sulfide) groups is 1. The molecule has 0 saturated heterocycles. The molecule has 4 heteroatoms. The van der Waals surface area contributed by atoms with E-state index in [0.29, 0.717) is 0 Å². The second kappa shape index (κ2) is 6.97. The third-order valence-corrected chi connectivity index (χ3v) is 3.73. The lowest BCUT2D eigenvalue weighted by molar-refractivity contribution is 0.585. The van der Waals surface area contributed by atoms with Gasteiger partial charge in [0.25, 0.3) is 0 Å². The predicted molar refractivity (Wildman–Crippen MR) is 72.1 cm³/mol. The number of rotatable bonds is 7. The van der Waals surface area contributed by atoms with Gasteiger partial charge in [-0.05, 0) is 38.8 Å². The molecule has 0 radical (unpaired) electrons. The van der Waals surface area contributed by atoms with Crippen LogP contribution >= 0.6 is 11.8 Å². The Kier molecular flexibility index (Phi) is 5.91. The van der Waals surface area contributed by atoms with E-state index in [9.17, 15) is 0 Å². The Morgan fingerprint density at radius 1 is 1.38 bits per heavy atom. The van der Waals surface area contributed by atoms with E-state index in [2.05, 4.69) is 35.9 Å². The second-order valence-corrected chi connectivity index (χ2v) is 5.35. The van der Waals surface area contributed by atoms with Crippen LogP contribution in [-0.2, 0) is 13.1 Å². The van der Waals surface area contributed by atoms with Crippen LogP contribution in [0.1, 0.15) is 30.3 Å². The zero-order valence-electron chi connectivity index (χ0n) is 10.8. The first-order valence-corrected chi connectivity index (χ1v) is 7.11. The molecular weight excluding hydrogens is 218 g/mol. The lowest BCUT2D eigenvalue weighted by Crippen LogP contribution is -2.08. The van der Waals surface area contributed by atoms with Crippen molar-refractivity contribution in [3.8, 4) is 0 Å². The van der Waals surface area contributed by atoms with Gasteiger partial charge in [0, 0.05) is 24.3 Å². The van der Waals surface area contributed by atoms with Crippen LogP contribution in [0.4, 0.5) is 0 Å². The van der Waals surface area contributed by atoms with Crippen molar-refractivity contribution in [3.05, 3.63) is 17.0 Å². The lowest BCUT2D eigenvalue weighted by Gasteiger charge is -2.05. The maximum absolute atomic E-state index is 4.59. The molecule has 0 atom stereocenters. The standard InChI is InChI=1S/C12H23N3S/c1-5-16-8-6-7-15-11(3)12(9-13-4)10(2)14-15/h13H,5-9H2,1-4H3. The summed E-state index contributed by atoms with van der Waals surface area (Å²) in [5.41, 5.74) is 3.83. The van der Waals surface area contributed by atoms with Crippen molar-refractivity contribution >= 4 is 11.8 Å². The highest BCUT2D eigenvalue weighted by Gasteiger charge is 2.09. The summed E-state index contributed by atoms with van der Waals surface area (Å²) >= 11 is 2.00. The number of aromatic nitrogens is 2. The zero-order valence-corrected chi connectivity index (χ0v) is 11.7. The minimum Gasteiger partial charge on any atom is -0.316 e. The van der Waals surface area contributed by atoms with Gasteiger partial charge in [-0.2, -0.15) is 16.9 Å². The summed E-state index contributed by atoms with van der Waals surface area (Å²) in [6, 6.07) is 0. The van der Waals surface area contributed by atoms with Gasteiger partial charge in [-0.25, -0.2) is 0 Å². The summed E-state index contributed by atoms with van der Waals surface area (Å²) in [7, 11) is 1.98. The molecule has 0 aliphatic rings. The Morgan fingerprint density at radius 3 is 2.75 bits per heavy atom. The van der Waals surface area contributed by atoms with Crippen molar-refractivity contribution in [2.24, 2.45) is 0 Å². The number of aryl methyl sites for hydroxylation is 2. The fourth-order valence-electron chi connectivity index (χ4n) is 1.85. The summed E-state index contributed by atoms with van der Waals surface area (Å²) in [6.45, 7) is 8.43. The molecule has 3 nitrogen and oxygen atoms in total. The Morgan fingerprint density at radius 2 is 2.12 bits per heavy atom. The monoisotopic (exact) mass is 241 g/mol. The summed E-state index contributed by atoms with van der Waals surface area (Å²) in [5, 5.41) is 7.79. The number of nitrogens with zero attached hydrogens (tertiary/aromatic N) is 2. The Hall–Kier alpha value is -0.480. The summed E-state index contributed by atoms with van der Waals surface area (Å²) < 4.78 is 2.15. The Labute approximate surface area is 103 Å². The predicted octanol–water partition coefficient (Wildman–Crippen LogP) is 2.36. The third kappa shape index (κ3) is 3.52. The Bertz CT molecular complexity index is 320. The van der Waals surface area contributed by atoms with Gasteiger partial charge >= 0.3 is 0 Å². The molecule has 1 aromatic heterocycles. The molecule has 0 amide bonds. The molecule has 1 rings (SSSR count). The minimum absolute atomic E-state index is 0.918. The fourth-order valence-corrected chi connectivity index (χ4v) is 2.47. The molecular formula is C12H23N3S. The highest BCUT2D eigenvalue weighted by molar-refractivity contribution is 7.99. The van der Waals surface area contributed by atoms with E-state index in [1.807, 2.05) is 18.8 Å². The highest BCUT2D eigenvalue weighted by Crippen LogP contribution is 2.13. The van der Waals surface area contributed by atoms with Crippen LogP contribution < -0.4 is 5.32 Å². The number of hydrogen-bond acceptors (Lipinski definition) is 3. The van der Waals surface area contributed by atoms with Crippen molar-refractivity contribution < 1.29 is 0 Å². The smallest absolute Gasteiger partial charge is 0.0641 e. The molecule has 0 aliphatic heterocycles. The third-order valence-electron chi connectivity index (χ3n) is 2.75. The summed E-state index contributed by atoms with van der Waals surface area (Å²) in [6.07, 6.45) is 1.21. The van der Waals surface area contributed by atoms with E-state index in [1.165, 1.54) is 29.2 Å². The lowest BCUT2D eigenvalue weighted by atomic mass is 10.2. The van der Waals surface area contributed by atoms with E-state index in [-0.39, 0.29) is 0 Å². The zero-order chi connectivity index (χ0) is 12.0. The van der Waals surface area contributed by atoms with Gasteiger partial charge < -0.3 is 5.32 Å². The average molecular weight is 241 g/mol. The van der Waals surface area contributed by atoms with Crippen molar-refractivity contribution in [2.45, 2.75) is 40.3 Å².